The van der Waals surface area contributed by atoms with Crippen molar-refractivity contribution in [2.45, 2.75) is 39.2 Å². The number of hydrogen-bond donors (Lipinski definition) is 1. The SMILES string of the molecule is CCOC(=O)C1=C(CN2CCN(C(=O)c3cccs3)CC2)N(C)C(=O)NC1c1ccc(C(C)(C)C)cc1. The van der Waals surface area contributed by atoms with Crippen LogP contribution in [0.1, 0.15) is 54.5 Å². The maximum Gasteiger partial charge on any atom is 0.338 e. The maximum atomic E-state index is 13.3. The number of nitrogens with one attached hydrogen (secondary N) is 1. The zero-order valence-corrected chi connectivity index (χ0v) is 23.1. The van der Waals surface area contributed by atoms with Gasteiger partial charge in [0.1, 0.15) is 0 Å². The number of esters is 1. The number of nitrogens with zero attached hydrogens (tertiary/aromatic N) is 3. The van der Waals surface area contributed by atoms with Gasteiger partial charge < -0.3 is 15.0 Å². The lowest BCUT2D eigenvalue weighted by Crippen LogP contribution is -2.53. The van der Waals surface area contributed by atoms with Gasteiger partial charge in [0.15, 0.2) is 0 Å². The third kappa shape index (κ3) is 5.88. The fourth-order valence-corrected chi connectivity index (χ4v) is 5.39. The Labute approximate surface area is 222 Å². The van der Waals surface area contributed by atoms with E-state index in [0.29, 0.717) is 44.0 Å². The number of thiophene rings is 1. The molecule has 1 aromatic carbocycles. The molecular formula is C28H36N4O4S. The van der Waals surface area contributed by atoms with E-state index in [2.05, 4.69) is 31.0 Å². The van der Waals surface area contributed by atoms with Gasteiger partial charge >= 0.3 is 12.0 Å². The molecule has 0 spiro atoms. The largest absolute Gasteiger partial charge is 0.463 e. The highest BCUT2D eigenvalue weighted by Crippen LogP contribution is 2.33. The zero-order chi connectivity index (χ0) is 26.7. The van der Waals surface area contributed by atoms with Gasteiger partial charge in [-0.2, -0.15) is 0 Å². The normalized spacial score (nSPS) is 19.2. The maximum absolute atomic E-state index is 13.3. The van der Waals surface area contributed by atoms with Crippen LogP contribution in [-0.2, 0) is 14.9 Å². The number of carbonyl (C=O) groups is 3. The Kier molecular flexibility index (Phi) is 8.04. The number of benzene rings is 1. The molecule has 4 rings (SSSR count). The van der Waals surface area contributed by atoms with Gasteiger partial charge in [-0.3, -0.25) is 14.6 Å². The second-order valence-electron chi connectivity index (χ2n) is 10.4. The molecular weight excluding hydrogens is 488 g/mol. The second-order valence-corrected chi connectivity index (χ2v) is 11.4. The summed E-state index contributed by atoms with van der Waals surface area (Å²) in [6.07, 6.45) is 0. The first-order chi connectivity index (χ1) is 17.6. The van der Waals surface area contributed by atoms with E-state index in [0.717, 1.165) is 10.4 Å². The summed E-state index contributed by atoms with van der Waals surface area (Å²) in [5.74, 6) is -0.380. The Balaban J connectivity index is 1.59. The number of hydrogen-bond acceptors (Lipinski definition) is 6. The highest BCUT2D eigenvalue weighted by molar-refractivity contribution is 7.12. The van der Waals surface area contributed by atoms with Crippen LogP contribution in [0.2, 0.25) is 0 Å². The van der Waals surface area contributed by atoms with Gasteiger partial charge in [0.25, 0.3) is 5.91 Å². The lowest BCUT2D eigenvalue weighted by Gasteiger charge is -2.39. The lowest BCUT2D eigenvalue weighted by molar-refractivity contribution is -0.139. The molecule has 1 unspecified atom stereocenters. The molecule has 1 fully saturated rings. The van der Waals surface area contributed by atoms with Crippen LogP contribution in [0.15, 0.2) is 53.0 Å². The predicted molar refractivity (Wildman–Crippen MR) is 144 cm³/mol. The summed E-state index contributed by atoms with van der Waals surface area (Å²) >= 11 is 1.45. The Morgan fingerprint density at radius 1 is 1.08 bits per heavy atom. The van der Waals surface area contributed by atoms with E-state index in [1.165, 1.54) is 21.8 Å². The number of amides is 3. The fraction of sp³-hybridized carbons (Fsp3) is 0.464. The first-order valence-electron chi connectivity index (χ1n) is 12.7. The molecule has 37 heavy (non-hydrogen) atoms. The topological polar surface area (TPSA) is 82.2 Å². The number of likely N-dealkylation sites (N-methyl/N-ethyl adjacent to an activating group) is 1. The van der Waals surface area contributed by atoms with Gasteiger partial charge in [0.05, 0.1) is 23.1 Å². The average Bonchev–Trinajstić information content (AvgIpc) is 3.41. The number of piperazine rings is 1. The van der Waals surface area contributed by atoms with Crippen LogP contribution in [0.3, 0.4) is 0 Å². The lowest BCUT2D eigenvalue weighted by atomic mass is 9.85. The summed E-state index contributed by atoms with van der Waals surface area (Å²) < 4.78 is 5.46. The van der Waals surface area contributed by atoms with Gasteiger partial charge in [0.2, 0.25) is 0 Å². The first-order valence-corrected chi connectivity index (χ1v) is 13.6. The molecule has 0 saturated carbocycles. The van der Waals surface area contributed by atoms with Gasteiger partial charge in [-0.05, 0) is 34.9 Å². The van der Waals surface area contributed by atoms with Crippen LogP contribution in [0.5, 0.6) is 0 Å². The highest BCUT2D eigenvalue weighted by Gasteiger charge is 2.38. The highest BCUT2D eigenvalue weighted by atomic mass is 32.1. The summed E-state index contributed by atoms with van der Waals surface area (Å²) in [7, 11) is 1.68. The molecule has 9 heteroatoms. The molecule has 1 atom stereocenters. The van der Waals surface area contributed by atoms with Gasteiger partial charge in [-0.15, -0.1) is 11.3 Å². The Morgan fingerprint density at radius 3 is 2.32 bits per heavy atom. The fourth-order valence-electron chi connectivity index (χ4n) is 4.70. The molecule has 1 saturated heterocycles. The van der Waals surface area contributed by atoms with E-state index < -0.39 is 12.0 Å². The summed E-state index contributed by atoms with van der Waals surface area (Å²) in [6.45, 7) is 11.4. The standard InChI is InChI=1S/C28H36N4O4S/c1-6-36-26(34)23-21(18-31-13-15-32(16-14-31)25(33)22-8-7-17-37-22)30(5)27(35)29-24(23)19-9-11-20(12-10-19)28(2,3)4/h7-12,17,24H,6,13-16,18H2,1-5H3,(H,29,35). The van der Waals surface area contributed by atoms with Gasteiger partial charge in [-0.25, -0.2) is 9.59 Å². The molecule has 198 valence electrons. The van der Waals surface area contributed by atoms with Crippen molar-refractivity contribution < 1.29 is 19.1 Å². The first kappa shape index (κ1) is 26.9. The van der Waals surface area contributed by atoms with E-state index >= 15 is 0 Å². The molecule has 8 nitrogen and oxygen atoms in total. The van der Waals surface area contributed by atoms with E-state index in [1.54, 1.807) is 14.0 Å². The smallest absolute Gasteiger partial charge is 0.338 e. The van der Waals surface area contributed by atoms with Crippen molar-refractivity contribution in [2.75, 3.05) is 46.4 Å². The summed E-state index contributed by atoms with van der Waals surface area (Å²) in [6, 6.07) is 10.9. The minimum Gasteiger partial charge on any atom is -0.463 e. The molecule has 3 heterocycles. The molecule has 0 radical (unpaired) electrons. The molecule has 0 bridgehead atoms. The van der Waals surface area contributed by atoms with E-state index in [9.17, 15) is 14.4 Å². The number of ether oxygens (including phenoxy) is 1. The van der Waals surface area contributed by atoms with Crippen molar-refractivity contribution >= 4 is 29.2 Å². The molecule has 2 aromatic rings. The number of carbonyl (C=O) groups excluding carboxylic acids is 3. The summed E-state index contributed by atoms with van der Waals surface area (Å²) in [4.78, 5) is 45.3. The number of urea groups is 1. The Hall–Kier alpha value is -3.17. The monoisotopic (exact) mass is 524 g/mol. The Morgan fingerprint density at radius 2 is 1.76 bits per heavy atom. The van der Waals surface area contributed by atoms with Crippen LogP contribution < -0.4 is 5.32 Å². The third-order valence-corrected chi connectivity index (χ3v) is 7.80. The second kappa shape index (κ2) is 11.1. The van der Waals surface area contributed by atoms with Crippen LogP contribution in [-0.4, -0.2) is 79.0 Å². The van der Waals surface area contributed by atoms with Crippen molar-refractivity contribution in [3.8, 4) is 0 Å². The minimum absolute atomic E-state index is 0.00738. The van der Waals surface area contributed by atoms with Crippen molar-refractivity contribution in [1.82, 2.24) is 20.0 Å². The summed E-state index contributed by atoms with van der Waals surface area (Å²) in [5.41, 5.74) is 3.08. The van der Waals surface area contributed by atoms with E-state index in [4.69, 9.17) is 4.74 Å². The van der Waals surface area contributed by atoms with Gasteiger partial charge in [-0.1, -0.05) is 51.1 Å². The quantitative estimate of drug-likeness (QED) is 0.578. The van der Waals surface area contributed by atoms with Crippen LogP contribution in [0, 0.1) is 0 Å². The molecule has 2 aliphatic heterocycles. The summed E-state index contributed by atoms with van der Waals surface area (Å²) in [5, 5.41) is 4.90. The van der Waals surface area contributed by atoms with Crippen molar-refractivity contribution in [3.05, 3.63) is 69.1 Å². The van der Waals surface area contributed by atoms with Gasteiger partial charge in [0, 0.05) is 45.5 Å². The van der Waals surface area contributed by atoms with E-state index in [1.807, 2.05) is 46.7 Å². The Bertz CT molecular complexity index is 1160. The molecule has 1 aromatic heterocycles. The molecule has 2 aliphatic rings. The van der Waals surface area contributed by atoms with E-state index in [-0.39, 0.29) is 24.0 Å². The van der Waals surface area contributed by atoms with Crippen molar-refractivity contribution in [1.29, 1.82) is 0 Å². The van der Waals surface area contributed by atoms with Crippen molar-refractivity contribution in [2.24, 2.45) is 0 Å². The zero-order valence-electron chi connectivity index (χ0n) is 22.2. The molecule has 0 aliphatic carbocycles. The van der Waals surface area contributed by atoms with Crippen LogP contribution in [0.25, 0.3) is 0 Å². The minimum atomic E-state index is -0.603. The molecule has 3 amide bonds. The third-order valence-electron chi connectivity index (χ3n) is 6.95. The van der Waals surface area contributed by atoms with Crippen LogP contribution in [0.4, 0.5) is 4.79 Å². The number of rotatable bonds is 6. The predicted octanol–water partition coefficient (Wildman–Crippen LogP) is 4.02. The molecule has 1 N–H and O–H groups in total. The van der Waals surface area contributed by atoms with Crippen molar-refractivity contribution in [3.63, 3.8) is 0 Å². The average molecular weight is 525 g/mol. The van der Waals surface area contributed by atoms with Crippen LogP contribution >= 0.6 is 11.3 Å².